The van der Waals surface area contributed by atoms with E-state index in [9.17, 15) is 14.0 Å². The summed E-state index contributed by atoms with van der Waals surface area (Å²) in [5.74, 6) is 0.669. The van der Waals surface area contributed by atoms with E-state index in [4.69, 9.17) is 0 Å². The van der Waals surface area contributed by atoms with Gasteiger partial charge in [-0.2, -0.15) is 5.10 Å². The van der Waals surface area contributed by atoms with Gasteiger partial charge in [-0.3, -0.25) is 9.59 Å². The number of benzene rings is 1. The molecule has 2 amide bonds. The molecule has 2 saturated heterocycles. The Hall–Kier alpha value is -2.70. The molecule has 0 atom stereocenters. The highest BCUT2D eigenvalue weighted by Gasteiger charge is 2.34. The third kappa shape index (κ3) is 3.93. The van der Waals surface area contributed by atoms with Crippen molar-refractivity contribution in [2.24, 2.45) is 11.8 Å². The number of hydrogen-bond donors (Lipinski definition) is 0. The number of likely N-dealkylation sites (tertiary alicyclic amines) is 2. The zero-order valence-corrected chi connectivity index (χ0v) is 18.7. The van der Waals surface area contributed by atoms with Crippen LogP contribution in [0.15, 0.2) is 24.3 Å². The van der Waals surface area contributed by atoms with Crippen LogP contribution in [0.3, 0.4) is 0 Å². The molecule has 2 aromatic rings. The van der Waals surface area contributed by atoms with Crippen molar-refractivity contribution in [2.75, 3.05) is 26.2 Å². The lowest BCUT2D eigenvalue weighted by molar-refractivity contribution is -0.138. The first-order valence-corrected chi connectivity index (χ1v) is 12.0. The molecule has 0 radical (unpaired) electrons. The van der Waals surface area contributed by atoms with Crippen LogP contribution in [0.4, 0.5) is 4.39 Å². The minimum Gasteiger partial charge on any atom is -0.342 e. The minimum atomic E-state index is -0.287. The van der Waals surface area contributed by atoms with Gasteiger partial charge in [-0.25, -0.2) is 9.07 Å². The first-order chi connectivity index (χ1) is 15.5. The van der Waals surface area contributed by atoms with E-state index in [2.05, 4.69) is 12.0 Å². The fourth-order valence-corrected chi connectivity index (χ4v) is 5.37. The van der Waals surface area contributed by atoms with E-state index < -0.39 is 0 Å². The lowest BCUT2D eigenvalue weighted by atomic mass is 9.92. The highest BCUT2D eigenvalue weighted by Crippen LogP contribution is 2.30. The van der Waals surface area contributed by atoms with Gasteiger partial charge in [-0.1, -0.05) is 6.92 Å². The van der Waals surface area contributed by atoms with Gasteiger partial charge in [-0.05, 0) is 75.1 Å². The number of nitrogens with zero attached hydrogens (tertiary/aromatic N) is 4. The highest BCUT2D eigenvalue weighted by atomic mass is 19.1. The summed E-state index contributed by atoms with van der Waals surface area (Å²) in [5.41, 5.74) is 3.39. The van der Waals surface area contributed by atoms with Crippen LogP contribution in [0.2, 0.25) is 0 Å². The molecular weight excluding hydrogens is 407 g/mol. The van der Waals surface area contributed by atoms with Crippen molar-refractivity contribution in [1.29, 1.82) is 0 Å². The molecule has 0 saturated carbocycles. The van der Waals surface area contributed by atoms with Gasteiger partial charge in [0.05, 0.1) is 5.69 Å². The number of halogens is 1. The fourth-order valence-electron chi connectivity index (χ4n) is 5.37. The number of piperidine rings is 2. The number of rotatable bonds is 3. The molecule has 170 valence electrons. The molecule has 2 aliphatic heterocycles. The molecule has 1 aromatic carbocycles. The number of fused-ring (bicyclic) bond motifs is 1. The van der Waals surface area contributed by atoms with Crippen molar-refractivity contribution >= 4 is 11.8 Å². The van der Waals surface area contributed by atoms with E-state index >= 15 is 0 Å². The molecule has 3 aliphatic rings. The quantitative estimate of drug-likeness (QED) is 0.736. The van der Waals surface area contributed by atoms with Gasteiger partial charge in [-0.15, -0.1) is 0 Å². The van der Waals surface area contributed by atoms with Crippen LogP contribution in [-0.4, -0.2) is 57.6 Å². The van der Waals surface area contributed by atoms with Crippen molar-refractivity contribution in [3.05, 3.63) is 47.0 Å². The van der Waals surface area contributed by atoms with Crippen LogP contribution >= 0.6 is 0 Å². The van der Waals surface area contributed by atoms with Crippen molar-refractivity contribution in [2.45, 2.75) is 51.9 Å². The minimum absolute atomic E-state index is 0.0231. The summed E-state index contributed by atoms with van der Waals surface area (Å²) in [6, 6.07) is 6.25. The Morgan fingerprint density at radius 1 is 0.938 bits per heavy atom. The Labute approximate surface area is 188 Å². The molecule has 6 nitrogen and oxygen atoms in total. The van der Waals surface area contributed by atoms with Crippen LogP contribution in [0, 0.1) is 17.7 Å². The summed E-state index contributed by atoms with van der Waals surface area (Å²) in [7, 11) is 0. The van der Waals surface area contributed by atoms with E-state index in [1.807, 2.05) is 14.5 Å². The average molecular weight is 439 g/mol. The monoisotopic (exact) mass is 438 g/mol. The Morgan fingerprint density at radius 2 is 1.59 bits per heavy atom. The fraction of sp³-hybridized carbons (Fsp3) is 0.560. The maximum absolute atomic E-state index is 13.4. The van der Waals surface area contributed by atoms with E-state index in [-0.39, 0.29) is 23.5 Å². The molecule has 1 aromatic heterocycles. The zero-order chi connectivity index (χ0) is 22.2. The number of hydrogen-bond acceptors (Lipinski definition) is 3. The molecule has 5 rings (SSSR count). The molecule has 0 unspecified atom stereocenters. The maximum atomic E-state index is 13.4. The van der Waals surface area contributed by atoms with E-state index in [0.29, 0.717) is 24.7 Å². The van der Waals surface area contributed by atoms with Crippen molar-refractivity contribution in [3.63, 3.8) is 0 Å². The molecule has 32 heavy (non-hydrogen) atoms. The van der Waals surface area contributed by atoms with Crippen molar-refractivity contribution in [1.82, 2.24) is 19.6 Å². The Kier molecular flexibility index (Phi) is 5.74. The van der Waals surface area contributed by atoms with Gasteiger partial charge >= 0.3 is 0 Å². The first kappa shape index (κ1) is 21.2. The van der Waals surface area contributed by atoms with Crippen LogP contribution in [0.1, 0.15) is 60.8 Å². The van der Waals surface area contributed by atoms with Crippen LogP contribution in [-0.2, 0) is 17.6 Å². The van der Waals surface area contributed by atoms with Gasteiger partial charge in [0.2, 0.25) is 5.91 Å². The number of carbonyl (C=O) groups is 2. The van der Waals surface area contributed by atoms with Gasteiger partial charge in [0.1, 0.15) is 5.82 Å². The summed E-state index contributed by atoms with van der Waals surface area (Å²) in [5, 5.41) is 4.67. The second-order valence-corrected chi connectivity index (χ2v) is 9.59. The molecule has 7 heteroatoms. The van der Waals surface area contributed by atoms with Crippen LogP contribution in [0.25, 0.3) is 5.69 Å². The van der Waals surface area contributed by atoms with Gasteiger partial charge in [0.25, 0.3) is 5.91 Å². The summed E-state index contributed by atoms with van der Waals surface area (Å²) in [4.78, 5) is 30.2. The van der Waals surface area contributed by atoms with Gasteiger partial charge in [0.15, 0.2) is 5.69 Å². The molecule has 0 spiro atoms. The Morgan fingerprint density at radius 3 is 2.28 bits per heavy atom. The number of aromatic nitrogens is 2. The molecule has 1 aliphatic carbocycles. The summed E-state index contributed by atoms with van der Waals surface area (Å²) >= 11 is 0. The third-order valence-corrected chi connectivity index (χ3v) is 7.43. The topological polar surface area (TPSA) is 58.4 Å². The molecular formula is C25H31FN4O2. The average Bonchev–Trinajstić information content (AvgIpc) is 3.43. The molecule has 0 N–H and O–H groups in total. The number of carbonyl (C=O) groups excluding carboxylic acids is 2. The number of amides is 2. The van der Waals surface area contributed by atoms with Crippen molar-refractivity contribution in [3.8, 4) is 5.69 Å². The predicted octanol–water partition coefficient (Wildman–Crippen LogP) is 3.61. The largest absolute Gasteiger partial charge is 0.342 e. The molecule has 2 fully saturated rings. The second-order valence-electron chi connectivity index (χ2n) is 9.59. The second kappa shape index (κ2) is 8.68. The zero-order valence-electron chi connectivity index (χ0n) is 18.7. The SMILES string of the molecule is CC1CCN(C(=O)C2CCN(C(=O)c3nn(-c4ccc(F)cc4)c4c3CCC4)CC2)CC1. The van der Waals surface area contributed by atoms with Crippen LogP contribution < -0.4 is 0 Å². The lowest BCUT2D eigenvalue weighted by Crippen LogP contribution is -2.46. The first-order valence-electron chi connectivity index (χ1n) is 12.0. The summed E-state index contributed by atoms with van der Waals surface area (Å²) < 4.78 is 15.2. The normalized spacial score (nSPS) is 19.9. The lowest BCUT2D eigenvalue weighted by Gasteiger charge is -2.36. The standard InChI is InChI=1S/C25H31FN4O2/c1-17-9-13-28(14-10-17)24(31)18-11-15-29(16-12-18)25(32)23-21-3-2-4-22(21)30(27-23)20-7-5-19(26)6-8-20/h5-8,17-18H,2-4,9-16H2,1H3. The smallest absolute Gasteiger partial charge is 0.274 e. The van der Waals surface area contributed by atoms with E-state index in [1.54, 1.807) is 12.1 Å². The summed E-state index contributed by atoms with van der Waals surface area (Å²) in [6.07, 6.45) is 6.34. The Bertz CT molecular complexity index is 1000. The van der Waals surface area contributed by atoms with Crippen molar-refractivity contribution < 1.29 is 14.0 Å². The summed E-state index contributed by atoms with van der Waals surface area (Å²) in [6.45, 7) is 5.17. The Balaban J connectivity index is 1.27. The van der Waals surface area contributed by atoms with Gasteiger partial charge < -0.3 is 9.80 Å². The van der Waals surface area contributed by atoms with Gasteiger partial charge in [0, 0.05) is 43.4 Å². The van der Waals surface area contributed by atoms with E-state index in [1.165, 1.54) is 12.1 Å². The molecule has 0 bridgehead atoms. The third-order valence-electron chi connectivity index (χ3n) is 7.43. The van der Waals surface area contributed by atoms with E-state index in [0.717, 1.165) is 75.0 Å². The van der Waals surface area contributed by atoms with Crippen LogP contribution in [0.5, 0.6) is 0 Å². The predicted molar refractivity (Wildman–Crippen MR) is 119 cm³/mol. The molecule has 3 heterocycles. The maximum Gasteiger partial charge on any atom is 0.274 e. The highest BCUT2D eigenvalue weighted by molar-refractivity contribution is 5.94.